The van der Waals surface area contributed by atoms with Gasteiger partial charge in [-0.25, -0.2) is 0 Å². The molecule has 0 aromatic heterocycles. The van der Waals surface area contributed by atoms with Gasteiger partial charge in [0, 0.05) is 0 Å². The van der Waals surface area contributed by atoms with Gasteiger partial charge < -0.3 is 0 Å². The van der Waals surface area contributed by atoms with Crippen LogP contribution in [0.2, 0.25) is 0 Å². The lowest BCUT2D eigenvalue weighted by molar-refractivity contribution is 0.245. The van der Waals surface area contributed by atoms with Crippen LogP contribution in [0.5, 0.6) is 0 Å². The summed E-state index contributed by atoms with van der Waals surface area (Å²) in [5.41, 5.74) is 6.07. The Labute approximate surface area is 137 Å². The van der Waals surface area contributed by atoms with Crippen molar-refractivity contribution in [2.75, 3.05) is 0 Å². The zero-order chi connectivity index (χ0) is 16.2. The van der Waals surface area contributed by atoms with Gasteiger partial charge in [-0.15, -0.1) is 11.6 Å². The maximum Gasteiger partial charge on any atom is 0.0593 e. The van der Waals surface area contributed by atoms with Gasteiger partial charge in [0.2, 0.25) is 0 Å². The largest absolute Gasteiger partial charge is 0.118 e. The van der Waals surface area contributed by atoms with E-state index >= 15 is 0 Å². The third-order valence-electron chi connectivity index (χ3n) is 4.93. The fraction of sp³-hybridized carbons (Fsp3) is 0.700. The third-order valence-corrected chi connectivity index (χ3v) is 5.33. The van der Waals surface area contributed by atoms with Crippen LogP contribution < -0.4 is 0 Å². The molecule has 0 heterocycles. The molecular formula is C20H33Cl. The minimum atomic E-state index is 0.134. The van der Waals surface area contributed by atoms with E-state index in [1.54, 1.807) is 0 Å². The van der Waals surface area contributed by atoms with Crippen LogP contribution in [-0.4, -0.2) is 0 Å². The van der Waals surface area contributed by atoms with Gasteiger partial charge >= 0.3 is 0 Å². The number of halogens is 1. The predicted octanol–water partition coefficient (Wildman–Crippen LogP) is 6.73. The molecule has 1 aromatic carbocycles. The Morgan fingerprint density at radius 2 is 1.43 bits per heavy atom. The van der Waals surface area contributed by atoms with Crippen molar-refractivity contribution in [2.45, 2.75) is 79.5 Å². The smallest absolute Gasteiger partial charge is 0.0593 e. The van der Waals surface area contributed by atoms with E-state index in [1.165, 1.54) is 22.3 Å². The van der Waals surface area contributed by atoms with E-state index in [0.717, 1.165) is 25.7 Å². The second kappa shape index (κ2) is 7.68. The van der Waals surface area contributed by atoms with E-state index in [1.807, 2.05) is 0 Å². The fourth-order valence-corrected chi connectivity index (χ4v) is 3.37. The van der Waals surface area contributed by atoms with Crippen molar-refractivity contribution in [3.8, 4) is 0 Å². The Kier molecular flexibility index (Phi) is 6.78. The second-order valence-electron chi connectivity index (χ2n) is 7.36. The standard InChI is InChI=1S/C20H33Cl/c1-8-15-12-16(9-2)19(17(10-3)13-15)18(21)11-14(4)20(5,6)7/h12-14,18H,8-11H2,1-7H3. The quantitative estimate of drug-likeness (QED) is 0.511. The molecule has 0 spiro atoms. The summed E-state index contributed by atoms with van der Waals surface area (Å²) in [6.07, 6.45) is 4.30. The highest BCUT2D eigenvalue weighted by Gasteiger charge is 2.25. The summed E-state index contributed by atoms with van der Waals surface area (Å²) in [6, 6.07) is 4.73. The molecule has 0 fully saturated rings. The lowest BCUT2D eigenvalue weighted by atomic mass is 9.77. The van der Waals surface area contributed by atoms with E-state index < -0.39 is 0 Å². The molecule has 1 heteroatoms. The van der Waals surface area contributed by atoms with E-state index in [4.69, 9.17) is 11.6 Å². The Balaban J connectivity index is 3.15. The van der Waals surface area contributed by atoms with E-state index in [2.05, 4.69) is 60.6 Å². The molecule has 0 nitrogen and oxygen atoms in total. The molecule has 0 saturated carbocycles. The molecule has 0 aliphatic heterocycles. The lowest BCUT2D eigenvalue weighted by Crippen LogP contribution is -2.19. The molecule has 0 radical (unpaired) electrons. The first-order valence-electron chi connectivity index (χ1n) is 8.53. The third kappa shape index (κ3) is 4.74. The first kappa shape index (κ1) is 18.6. The van der Waals surface area contributed by atoms with E-state index in [-0.39, 0.29) is 5.38 Å². The average Bonchev–Trinajstić information content (AvgIpc) is 2.44. The highest BCUT2D eigenvalue weighted by Crippen LogP contribution is 2.39. The van der Waals surface area contributed by atoms with Gasteiger partial charge in [-0.3, -0.25) is 0 Å². The van der Waals surface area contributed by atoms with Crippen LogP contribution in [0.1, 0.15) is 82.5 Å². The van der Waals surface area contributed by atoms with Crippen molar-refractivity contribution in [3.63, 3.8) is 0 Å². The summed E-state index contributed by atoms with van der Waals surface area (Å²) < 4.78 is 0. The fourth-order valence-electron chi connectivity index (χ4n) is 2.82. The number of hydrogen-bond acceptors (Lipinski definition) is 0. The molecule has 0 N–H and O–H groups in total. The average molecular weight is 309 g/mol. The first-order valence-corrected chi connectivity index (χ1v) is 8.96. The van der Waals surface area contributed by atoms with Gasteiger partial charge in [-0.2, -0.15) is 0 Å². The van der Waals surface area contributed by atoms with Crippen LogP contribution in [0.25, 0.3) is 0 Å². The van der Waals surface area contributed by atoms with Gasteiger partial charge in [0.25, 0.3) is 0 Å². The molecule has 0 amide bonds. The molecule has 0 saturated heterocycles. The molecule has 1 rings (SSSR count). The SMILES string of the molecule is CCc1cc(CC)c(C(Cl)CC(C)C(C)(C)C)c(CC)c1. The number of rotatable bonds is 6. The van der Waals surface area contributed by atoms with Crippen LogP contribution in [0.3, 0.4) is 0 Å². The molecule has 1 aromatic rings. The molecular weight excluding hydrogens is 276 g/mol. The van der Waals surface area contributed by atoms with Gasteiger partial charge in [0.05, 0.1) is 5.38 Å². The number of hydrogen-bond donors (Lipinski definition) is 0. The highest BCUT2D eigenvalue weighted by molar-refractivity contribution is 6.21. The van der Waals surface area contributed by atoms with Crippen LogP contribution in [0.4, 0.5) is 0 Å². The molecule has 0 bridgehead atoms. The maximum absolute atomic E-state index is 6.87. The Bertz CT molecular complexity index is 428. The van der Waals surface area contributed by atoms with Crippen LogP contribution in [0, 0.1) is 11.3 Å². The predicted molar refractivity (Wildman–Crippen MR) is 96.4 cm³/mol. The minimum Gasteiger partial charge on any atom is -0.118 e. The monoisotopic (exact) mass is 308 g/mol. The van der Waals surface area contributed by atoms with Crippen LogP contribution >= 0.6 is 11.6 Å². The van der Waals surface area contributed by atoms with Crippen molar-refractivity contribution in [2.24, 2.45) is 11.3 Å². The summed E-state index contributed by atoms with van der Waals surface area (Å²) in [5, 5.41) is 0.134. The van der Waals surface area contributed by atoms with Crippen molar-refractivity contribution in [3.05, 3.63) is 34.4 Å². The topological polar surface area (TPSA) is 0 Å². The lowest BCUT2D eigenvalue weighted by Gasteiger charge is -2.30. The van der Waals surface area contributed by atoms with Gasteiger partial charge in [0.1, 0.15) is 0 Å². The van der Waals surface area contributed by atoms with Gasteiger partial charge in [0.15, 0.2) is 0 Å². The molecule has 2 atom stereocenters. The minimum absolute atomic E-state index is 0.134. The van der Waals surface area contributed by atoms with Crippen molar-refractivity contribution >= 4 is 11.6 Å². The zero-order valence-electron chi connectivity index (χ0n) is 15.0. The molecule has 2 unspecified atom stereocenters. The van der Waals surface area contributed by atoms with Gasteiger partial charge in [-0.1, -0.05) is 60.6 Å². The molecule has 120 valence electrons. The van der Waals surface area contributed by atoms with Crippen molar-refractivity contribution < 1.29 is 0 Å². The number of aryl methyl sites for hydroxylation is 3. The van der Waals surface area contributed by atoms with Gasteiger partial charge in [-0.05, 0) is 59.3 Å². The second-order valence-corrected chi connectivity index (χ2v) is 7.89. The Morgan fingerprint density at radius 1 is 0.952 bits per heavy atom. The number of alkyl halides is 1. The maximum atomic E-state index is 6.87. The number of benzene rings is 1. The van der Waals surface area contributed by atoms with Crippen LogP contribution in [-0.2, 0) is 19.3 Å². The Morgan fingerprint density at radius 3 is 1.76 bits per heavy atom. The normalized spacial score (nSPS) is 15.0. The molecule has 0 aliphatic carbocycles. The Hall–Kier alpha value is -0.490. The summed E-state index contributed by atoms with van der Waals surface area (Å²) in [6.45, 7) is 16.0. The van der Waals surface area contributed by atoms with E-state index in [0.29, 0.717) is 11.3 Å². The van der Waals surface area contributed by atoms with E-state index in [9.17, 15) is 0 Å². The van der Waals surface area contributed by atoms with Crippen molar-refractivity contribution in [1.82, 2.24) is 0 Å². The first-order chi connectivity index (χ1) is 9.74. The summed E-state index contributed by atoms with van der Waals surface area (Å²) in [7, 11) is 0. The van der Waals surface area contributed by atoms with Crippen molar-refractivity contribution in [1.29, 1.82) is 0 Å². The summed E-state index contributed by atoms with van der Waals surface area (Å²) >= 11 is 6.87. The summed E-state index contributed by atoms with van der Waals surface area (Å²) in [4.78, 5) is 0. The zero-order valence-corrected chi connectivity index (χ0v) is 15.8. The molecule has 21 heavy (non-hydrogen) atoms. The summed E-state index contributed by atoms with van der Waals surface area (Å²) in [5.74, 6) is 0.611. The highest BCUT2D eigenvalue weighted by atomic mass is 35.5. The van der Waals surface area contributed by atoms with Crippen LogP contribution in [0.15, 0.2) is 12.1 Å². The molecule has 0 aliphatic rings.